The maximum Gasteiger partial charge on any atom is 0.224 e. The van der Waals surface area contributed by atoms with Crippen molar-refractivity contribution in [3.05, 3.63) is 0 Å². The van der Waals surface area contributed by atoms with Gasteiger partial charge in [-0.05, 0) is 19.3 Å². The smallest absolute Gasteiger partial charge is 0.224 e. The number of nitrogens with zero attached hydrogens (tertiary/aromatic N) is 1. The lowest BCUT2D eigenvalue weighted by Crippen LogP contribution is -3.00. The molecule has 0 amide bonds. The third-order valence-corrected chi connectivity index (χ3v) is 4.10. The minimum Gasteiger partial charge on any atom is -1.00 e. The standard InChI is InChI=1S/C14H30NO.ClH/c1-5-8-11-15(10-7-3,12-9-6-2)14(4)13-16-14;/h5-13H2,1-4H3;1H/q+1;/p-1. The lowest BCUT2D eigenvalue weighted by atomic mass is 10.1. The Balaban J connectivity index is 0.00000256. The predicted molar refractivity (Wildman–Crippen MR) is 69.3 cm³/mol. The van der Waals surface area contributed by atoms with Gasteiger partial charge in [0.15, 0.2) is 0 Å². The number of quaternary nitrogens is 1. The van der Waals surface area contributed by atoms with Crippen molar-refractivity contribution in [2.24, 2.45) is 0 Å². The Morgan fingerprint density at radius 1 is 0.941 bits per heavy atom. The number of rotatable bonds is 9. The van der Waals surface area contributed by atoms with Gasteiger partial charge in [-0.25, -0.2) is 0 Å². The van der Waals surface area contributed by atoms with E-state index in [1.807, 2.05) is 0 Å². The third-order valence-electron chi connectivity index (χ3n) is 4.10. The van der Waals surface area contributed by atoms with Crippen molar-refractivity contribution >= 4 is 0 Å². The fraction of sp³-hybridized carbons (Fsp3) is 1.00. The number of hydrogen-bond donors (Lipinski definition) is 0. The Morgan fingerprint density at radius 2 is 1.41 bits per heavy atom. The highest BCUT2D eigenvalue weighted by atomic mass is 35.5. The molecule has 2 nitrogen and oxygen atoms in total. The first-order chi connectivity index (χ1) is 7.64. The lowest BCUT2D eigenvalue weighted by molar-refractivity contribution is -0.970. The van der Waals surface area contributed by atoms with Crippen LogP contribution in [0, 0.1) is 0 Å². The van der Waals surface area contributed by atoms with Gasteiger partial charge in [0.25, 0.3) is 0 Å². The molecule has 0 aliphatic carbocycles. The fourth-order valence-corrected chi connectivity index (χ4v) is 2.77. The largest absolute Gasteiger partial charge is 1.00 e. The quantitative estimate of drug-likeness (QED) is 0.438. The molecule has 0 aromatic rings. The molecule has 3 heteroatoms. The normalized spacial score (nSPS) is 23.3. The summed E-state index contributed by atoms with van der Waals surface area (Å²) in [5, 5.41) is 0. The molecule has 0 saturated carbocycles. The maximum absolute atomic E-state index is 5.78. The molecule has 0 N–H and O–H groups in total. The molecule has 0 radical (unpaired) electrons. The Hall–Kier alpha value is 0.210. The molecule has 1 saturated heterocycles. The summed E-state index contributed by atoms with van der Waals surface area (Å²) < 4.78 is 6.99. The zero-order valence-electron chi connectivity index (χ0n) is 12.1. The molecule has 1 rings (SSSR count). The SMILES string of the molecule is CCCC[N+](CCC)(CCCC)C1(C)CO1.[Cl-]. The van der Waals surface area contributed by atoms with E-state index in [1.54, 1.807) is 0 Å². The minimum absolute atomic E-state index is 0. The van der Waals surface area contributed by atoms with Crippen LogP contribution in [-0.4, -0.2) is 36.4 Å². The molecular weight excluding hydrogens is 234 g/mol. The second kappa shape index (κ2) is 7.60. The predicted octanol–water partition coefficient (Wildman–Crippen LogP) is 0.564. The minimum atomic E-state index is 0. The van der Waals surface area contributed by atoms with Gasteiger partial charge in [-0.3, -0.25) is 4.48 Å². The van der Waals surface area contributed by atoms with Crippen LogP contribution in [-0.2, 0) is 4.74 Å². The van der Waals surface area contributed by atoms with E-state index >= 15 is 0 Å². The average Bonchev–Trinajstić information content (AvgIpc) is 3.02. The Kier molecular flexibility index (Phi) is 7.70. The first-order valence-corrected chi connectivity index (χ1v) is 7.14. The van der Waals surface area contributed by atoms with Crippen LogP contribution < -0.4 is 12.4 Å². The highest BCUT2D eigenvalue weighted by Crippen LogP contribution is 2.39. The summed E-state index contributed by atoms with van der Waals surface area (Å²) in [4.78, 5) is 0. The van der Waals surface area contributed by atoms with E-state index in [9.17, 15) is 0 Å². The molecule has 17 heavy (non-hydrogen) atoms. The Labute approximate surface area is 114 Å². The first kappa shape index (κ1) is 17.2. The zero-order chi connectivity index (χ0) is 12.1. The van der Waals surface area contributed by atoms with Crippen LogP contribution in [0.4, 0.5) is 0 Å². The van der Waals surface area contributed by atoms with Crippen molar-refractivity contribution in [2.45, 2.75) is 65.5 Å². The molecule has 1 unspecified atom stereocenters. The summed E-state index contributed by atoms with van der Waals surface area (Å²) in [6.45, 7) is 14.1. The van der Waals surface area contributed by atoms with Crippen molar-refractivity contribution < 1.29 is 21.6 Å². The van der Waals surface area contributed by atoms with Crippen LogP contribution in [0.2, 0.25) is 0 Å². The average molecular weight is 264 g/mol. The van der Waals surface area contributed by atoms with Crippen LogP contribution >= 0.6 is 0 Å². The van der Waals surface area contributed by atoms with Crippen LogP contribution in [0.15, 0.2) is 0 Å². The van der Waals surface area contributed by atoms with Crippen LogP contribution in [0.5, 0.6) is 0 Å². The molecule has 0 aromatic heterocycles. The van der Waals surface area contributed by atoms with Gasteiger partial charge in [0, 0.05) is 6.92 Å². The summed E-state index contributed by atoms with van der Waals surface area (Å²) in [5.41, 5.74) is 0.153. The number of ether oxygens (including phenoxy) is 1. The van der Waals surface area contributed by atoms with Gasteiger partial charge in [0.05, 0.1) is 19.6 Å². The van der Waals surface area contributed by atoms with Crippen molar-refractivity contribution in [1.29, 1.82) is 0 Å². The molecular formula is C14H30ClNO. The van der Waals surface area contributed by atoms with Crippen molar-refractivity contribution in [3.63, 3.8) is 0 Å². The van der Waals surface area contributed by atoms with E-state index in [2.05, 4.69) is 27.7 Å². The molecule has 1 atom stereocenters. The van der Waals surface area contributed by atoms with Gasteiger partial charge in [-0.15, -0.1) is 0 Å². The molecule has 0 spiro atoms. The van der Waals surface area contributed by atoms with Crippen LogP contribution in [0.3, 0.4) is 0 Å². The topological polar surface area (TPSA) is 12.5 Å². The Morgan fingerprint density at radius 3 is 1.71 bits per heavy atom. The summed E-state index contributed by atoms with van der Waals surface area (Å²) in [6.07, 6.45) is 6.54. The van der Waals surface area contributed by atoms with E-state index in [-0.39, 0.29) is 18.1 Å². The second-order valence-electron chi connectivity index (χ2n) is 5.49. The lowest BCUT2D eigenvalue weighted by Gasteiger charge is -2.42. The van der Waals surface area contributed by atoms with Gasteiger partial charge in [-0.1, -0.05) is 33.6 Å². The summed E-state index contributed by atoms with van der Waals surface area (Å²) in [7, 11) is 0. The van der Waals surface area contributed by atoms with Crippen molar-refractivity contribution in [1.82, 2.24) is 0 Å². The van der Waals surface area contributed by atoms with Gasteiger partial charge in [-0.2, -0.15) is 0 Å². The van der Waals surface area contributed by atoms with Crippen molar-refractivity contribution in [2.75, 3.05) is 26.2 Å². The van der Waals surface area contributed by atoms with Gasteiger partial charge in [0.1, 0.15) is 6.61 Å². The molecule has 104 valence electrons. The molecule has 0 bridgehead atoms. The molecule has 1 heterocycles. The fourth-order valence-electron chi connectivity index (χ4n) is 2.77. The molecule has 1 aliphatic heterocycles. The molecule has 1 fully saturated rings. The summed E-state index contributed by atoms with van der Waals surface area (Å²) in [5.74, 6) is 0. The van der Waals surface area contributed by atoms with Gasteiger partial charge >= 0.3 is 0 Å². The summed E-state index contributed by atoms with van der Waals surface area (Å²) in [6, 6.07) is 0. The third kappa shape index (κ3) is 4.11. The molecule has 1 aliphatic rings. The highest BCUT2D eigenvalue weighted by Gasteiger charge is 2.57. The van der Waals surface area contributed by atoms with E-state index in [4.69, 9.17) is 4.74 Å². The van der Waals surface area contributed by atoms with E-state index in [0.717, 1.165) is 6.61 Å². The van der Waals surface area contributed by atoms with Crippen LogP contribution in [0.1, 0.15) is 59.8 Å². The van der Waals surface area contributed by atoms with Gasteiger partial charge < -0.3 is 17.1 Å². The molecule has 0 aromatic carbocycles. The van der Waals surface area contributed by atoms with E-state index in [0.29, 0.717) is 0 Å². The number of hydrogen-bond acceptors (Lipinski definition) is 1. The monoisotopic (exact) mass is 263 g/mol. The number of halogens is 1. The number of unbranched alkanes of at least 4 members (excludes halogenated alkanes) is 2. The van der Waals surface area contributed by atoms with Crippen molar-refractivity contribution in [3.8, 4) is 0 Å². The number of epoxide rings is 1. The first-order valence-electron chi connectivity index (χ1n) is 7.14. The van der Waals surface area contributed by atoms with E-state index in [1.165, 1.54) is 56.2 Å². The Bertz CT molecular complexity index is 196. The highest BCUT2D eigenvalue weighted by molar-refractivity contribution is 4.78. The van der Waals surface area contributed by atoms with Crippen LogP contribution in [0.25, 0.3) is 0 Å². The maximum atomic E-state index is 5.78. The van der Waals surface area contributed by atoms with Gasteiger partial charge in [0.2, 0.25) is 5.72 Å². The zero-order valence-corrected chi connectivity index (χ0v) is 12.9. The van der Waals surface area contributed by atoms with E-state index < -0.39 is 0 Å². The summed E-state index contributed by atoms with van der Waals surface area (Å²) >= 11 is 0. The second-order valence-corrected chi connectivity index (χ2v) is 5.49.